The Bertz CT molecular complexity index is 212. The van der Waals surface area contributed by atoms with E-state index >= 15 is 0 Å². The van der Waals surface area contributed by atoms with E-state index in [1.165, 1.54) is 13.1 Å². The number of amides is 1. The number of carbonyl (C=O) groups is 1. The van der Waals surface area contributed by atoms with E-state index in [9.17, 15) is 4.79 Å². The molecule has 0 bridgehead atoms. The maximum atomic E-state index is 10.5. The van der Waals surface area contributed by atoms with Gasteiger partial charge in [-0.15, -0.1) is 0 Å². The topological polar surface area (TPSA) is 56.5 Å². The quantitative estimate of drug-likeness (QED) is 0.292. The Morgan fingerprint density at radius 3 is 2.64 bits per heavy atom. The molecule has 0 unspecified atom stereocenters. The van der Waals surface area contributed by atoms with Crippen LogP contribution in [0.2, 0.25) is 0 Å². The molecule has 0 aliphatic heterocycles. The van der Waals surface area contributed by atoms with Crippen molar-refractivity contribution in [3.8, 4) is 0 Å². The number of hydrogen-bond acceptors (Lipinski definition) is 2. The predicted molar refractivity (Wildman–Crippen MR) is 45.4 cm³/mol. The second kappa shape index (κ2) is 4.62. The monoisotopic (exact) mass is 173 g/mol. The van der Waals surface area contributed by atoms with Gasteiger partial charge in [-0.2, -0.15) is 0 Å². The average Bonchev–Trinajstić information content (AvgIpc) is 1.98. The second-order valence-corrected chi connectivity index (χ2v) is 1.96. The van der Waals surface area contributed by atoms with Gasteiger partial charge in [0.1, 0.15) is 12.2 Å². The van der Waals surface area contributed by atoms with Gasteiger partial charge in [-0.05, 0) is 17.7 Å². The highest BCUT2D eigenvalue weighted by Gasteiger charge is 2.07. The molecule has 4 nitrogen and oxygen atoms in total. The molecule has 11 heavy (non-hydrogen) atoms. The molecule has 0 spiro atoms. The molecule has 5 heteroatoms. The molecule has 60 valence electrons. The van der Waals surface area contributed by atoms with E-state index in [2.05, 4.69) is 11.6 Å². The summed E-state index contributed by atoms with van der Waals surface area (Å²) in [6, 6.07) is 0. The third-order valence-corrected chi connectivity index (χ3v) is 1.24. The number of halogens is 1. The summed E-state index contributed by atoms with van der Waals surface area (Å²) >= 11 is 5.12. The van der Waals surface area contributed by atoms with Crippen molar-refractivity contribution in [1.29, 1.82) is 5.41 Å². The van der Waals surface area contributed by atoms with Crippen molar-refractivity contribution in [3.05, 3.63) is 12.7 Å². The first kappa shape index (κ1) is 9.84. The fraction of sp³-hybridized carbons (Fsp3) is 0.167. The largest absolute Gasteiger partial charge is 0.321 e. The molecule has 0 aliphatic carbocycles. The van der Waals surface area contributed by atoms with Crippen molar-refractivity contribution >= 4 is 29.1 Å². The van der Waals surface area contributed by atoms with Crippen LogP contribution in [0.3, 0.4) is 0 Å². The lowest BCUT2D eigenvalue weighted by atomic mass is 10.5. The van der Waals surface area contributed by atoms with Crippen molar-refractivity contribution in [2.24, 2.45) is 4.99 Å². The Morgan fingerprint density at radius 2 is 2.36 bits per heavy atom. The van der Waals surface area contributed by atoms with E-state index in [4.69, 9.17) is 17.0 Å². The normalized spacial score (nSPS) is 10.5. The van der Waals surface area contributed by atoms with Crippen molar-refractivity contribution in [2.75, 3.05) is 7.05 Å². The maximum Gasteiger partial charge on any atom is 0.321 e. The summed E-state index contributed by atoms with van der Waals surface area (Å²) in [6.07, 6.45) is 2.15. The molecule has 0 aromatic rings. The van der Waals surface area contributed by atoms with Gasteiger partial charge >= 0.3 is 5.37 Å². The van der Waals surface area contributed by atoms with Gasteiger partial charge in [0.05, 0.1) is 0 Å². The first-order valence-electron chi connectivity index (χ1n) is 2.75. The van der Waals surface area contributed by atoms with Crippen LogP contribution < -0.4 is 0 Å². The molecule has 0 atom stereocenters. The highest BCUT2D eigenvalue weighted by Crippen LogP contribution is 1.95. The number of likely N-dealkylation sites (N-methyl/N-ethyl adjacent to an activating group) is 1. The molecule has 0 rings (SSSR count). The SMILES string of the molecule is C=C/C(=N\C=N)N(C)C(=O)Cl. The summed E-state index contributed by atoms with van der Waals surface area (Å²) < 4.78 is 0. The van der Waals surface area contributed by atoms with Gasteiger partial charge < -0.3 is 0 Å². The Labute approximate surface area is 69.7 Å². The van der Waals surface area contributed by atoms with Gasteiger partial charge in [0, 0.05) is 7.05 Å². The second-order valence-electron chi connectivity index (χ2n) is 1.63. The van der Waals surface area contributed by atoms with E-state index < -0.39 is 5.37 Å². The standard InChI is InChI=1S/C6H8ClN3O/c1-3-5(9-4-8)10(2)6(7)11/h3-4,8H,1H2,2H3/b8-4?,9-5+. The minimum atomic E-state index is -0.662. The van der Waals surface area contributed by atoms with Crippen molar-refractivity contribution in [2.45, 2.75) is 0 Å². The molecule has 1 amide bonds. The van der Waals surface area contributed by atoms with E-state index in [0.717, 1.165) is 11.2 Å². The number of amidine groups is 1. The number of carbonyl (C=O) groups excluding carboxylic acids is 1. The van der Waals surface area contributed by atoms with Gasteiger partial charge in [-0.25, -0.2) is 4.99 Å². The first-order valence-corrected chi connectivity index (χ1v) is 3.13. The van der Waals surface area contributed by atoms with Crippen LogP contribution in [-0.2, 0) is 0 Å². The van der Waals surface area contributed by atoms with Crippen LogP contribution in [0, 0.1) is 5.41 Å². The summed E-state index contributed by atoms with van der Waals surface area (Å²) in [7, 11) is 1.44. The Balaban J connectivity index is 4.50. The van der Waals surface area contributed by atoms with Gasteiger partial charge in [0.2, 0.25) is 0 Å². The molecular weight excluding hydrogens is 166 g/mol. The molecule has 0 aromatic carbocycles. The first-order chi connectivity index (χ1) is 5.13. The van der Waals surface area contributed by atoms with Crippen LogP contribution in [0.4, 0.5) is 4.79 Å². The lowest BCUT2D eigenvalue weighted by molar-refractivity contribution is 0.248. The van der Waals surface area contributed by atoms with Crippen LogP contribution in [-0.4, -0.2) is 29.5 Å². The lowest BCUT2D eigenvalue weighted by Crippen LogP contribution is -2.27. The predicted octanol–water partition coefficient (Wildman–Crippen LogP) is 1.47. The number of nitrogens with one attached hydrogen (secondary N) is 1. The summed E-state index contributed by atoms with van der Waals surface area (Å²) in [4.78, 5) is 15.1. The third-order valence-electron chi connectivity index (χ3n) is 0.987. The Kier molecular flexibility index (Phi) is 4.14. The van der Waals surface area contributed by atoms with Crippen LogP contribution in [0.15, 0.2) is 17.6 Å². The van der Waals surface area contributed by atoms with E-state index in [1.807, 2.05) is 0 Å². The zero-order chi connectivity index (χ0) is 8.85. The van der Waals surface area contributed by atoms with E-state index in [0.29, 0.717) is 0 Å². The third kappa shape index (κ3) is 2.95. The Morgan fingerprint density at radius 1 is 1.82 bits per heavy atom. The molecule has 0 radical (unpaired) electrons. The molecule has 0 saturated heterocycles. The molecule has 0 fully saturated rings. The molecule has 0 saturated carbocycles. The van der Waals surface area contributed by atoms with E-state index in [1.54, 1.807) is 0 Å². The van der Waals surface area contributed by atoms with Crippen molar-refractivity contribution in [3.63, 3.8) is 0 Å². The number of nitrogens with zero attached hydrogens (tertiary/aromatic N) is 2. The lowest BCUT2D eigenvalue weighted by Gasteiger charge is -2.10. The number of aliphatic imine (C=N–C) groups is 1. The van der Waals surface area contributed by atoms with Gasteiger partial charge in [0.15, 0.2) is 0 Å². The smallest absolute Gasteiger partial charge is 0.289 e. The minimum absolute atomic E-state index is 0.250. The number of hydrogen-bond donors (Lipinski definition) is 1. The zero-order valence-corrected chi connectivity index (χ0v) is 6.80. The van der Waals surface area contributed by atoms with Crippen LogP contribution >= 0.6 is 11.6 Å². The fourth-order valence-electron chi connectivity index (χ4n) is 0.432. The maximum absolute atomic E-state index is 10.5. The summed E-state index contributed by atoms with van der Waals surface area (Å²) in [5.41, 5.74) is 0. The molecular formula is C6H8ClN3O. The highest BCUT2D eigenvalue weighted by molar-refractivity contribution is 6.64. The number of rotatable bonds is 2. The summed E-state index contributed by atoms with van der Waals surface area (Å²) in [5.74, 6) is 0.250. The van der Waals surface area contributed by atoms with Crippen LogP contribution in [0.5, 0.6) is 0 Å². The van der Waals surface area contributed by atoms with Crippen molar-refractivity contribution in [1.82, 2.24) is 4.90 Å². The fourth-order valence-corrected chi connectivity index (χ4v) is 0.519. The Hall–Kier alpha value is -1.16. The van der Waals surface area contributed by atoms with Crippen LogP contribution in [0.25, 0.3) is 0 Å². The molecule has 0 heterocycles. The molecule has 1 N–H and O–H groups in total. The van der Waals surface area contributed by atoms with Crippen molar-refractivity contribution < 1.29 is 4.79 Å². The van der Waals surface area contributed by atoms with Gasteiger partial charge in [0.25, 0.3) is 0 Å². The van der Waals surface area contributed by atoms with E-state index in [-0.39, 0.29) is 5.84 Å². The van der Waals surface area contributed by atoms with Crippen LogP contribution in [0.1, 0.15) is 0 Å². The van der Waals surface area contributed by atoms with Gasteiger partial charge in [-0.1, -0.05) is 6.58 Å². The zero-order valence-electron chi connectivity index (χ0n) is 6.04. The molecule has 0 aliphatic rings. The summed E-state index contributed by atoms with van der Waals surface area (Å²) in [6.45, 7) is 3.40. The molecule has 0 aromatic heterocycles. The van der Waals surface area contributed by atoms with Gasteiger partial charge in [-0.3, -0.25) is 15.1 Å². The highest BCUT2D eigenvalue weighted by atomic mass is 35.5. The summed E-state index contributed by atoms with van der Waals surface area (Å²) in [5, 5.41) is 5.97. The average molecular weight is 174 g/mol. The minimum Gasteiger partial charge on any atom is -0.289 e.